The standard InChI is InChI=1S/C11H17N3O4/c1-2-3-4-5-6-14-10(17)7(8(12)15)9(16)13-11(14)18/h17H,2-6H2,1H3,(H2,12,15)(H,13,16,18). The van der Waals surface area contributed by atoms with E-state index >= 15 is 0 Å². The Morgan fingerprint density at radius 2 is 2.00 bits per heavy atom. The lowest BCUT2D eigenvalue weighted by atomic mass is 10.2. The van der Waals surface area contributed by atoms with Crippen molar-refractivity contribution in [1.29, 1.82) is 0 Å². The molecule has 0 aliphatic heterocycles. The number of amides is 1. The van der Waals surface area contributed by atoms with Crippen LogP contribution in [0.25, 0.3) is 0 Å². The molecule has 0 bridgehead atoms. The lowest BCUT2D eigenvalue weighted by molar-refractivity contribution is 0.0994. The molecule has 1 rings (SSSR count). The van der Waals surface area contributed by atoms with Crippen LogP contribution in [0.3, 0.4) is 0 Å². The molecule has 0 unspecified atom stereocenters. The molecule has 0 radical (unpaired) electrons. The monoisotopic (exact) mass is 255 g/mol. The van der Waals surface area contributed by atoms with Gasteiger partial charge in [0.05, 0.1) is 0 Å². The number of unbranched alkanes of at least 4 members (excludes halogenated alkanes) is 3. The highest BCUT2D eigenvalue weighted by Crippen LogP contribution is 2.10. The lowest BCUT2D eigenvalue weighted by Crippen LogP contribution is -2.35. The Hall–Kier alpha value is -2.05. The van der Waals surface area contributed by atoms with Crippen LogP contribution in [0, 0.1) is 0 Å². The third kappa shape index (κ3) is 2.99. The first-order chi connectivity index (χ1) is 8.49. The van der Waals surface area contributed by atoms with Gasteiger partial charge in [0.25, 0.3) is 11.5 Å². The molecule has 1 amide bonds. The van der Waals surface area contributed by atoms with Gasteiger partial charge in [0.2, 0.25) is 5.88 Å². The van der Waals surface area contributed by atoms with E-state index in [0.29, 0.717) is 6.42 Å². The molecule has 7 heteroatoms. The summed E-state index contributed by atoms with van der Waals surface area (Å²) in [6, 6.07) is 0. The number of carbonyl (C=O) groups is 1. The van der Waals surface area contributed by atoms with Crippen molar-refractivity contribution in [3.8, 4) is 5.88 Å². The lowest BCUT2D eigenvalue weighted by Gasteiger charge is -2.09. The molecule has 18 heavy (non-hydrogen) atoms. The SMILES string of the molecule is CCCCCCn1c(O)c(C(N)=O)c(=O)[nH]c1=O. The number of nitrogens with two attached hydrogens (primary N) is 1. The number of aromatic nitrogens is 2. The summed E-state index contributed by atoms with van der Waals surface area (Å²) in [5, 5.41) is 9.72. The highest BCUT2D eigenvalue weighted by atomic mass is 16.3. The van der Waals surface area contributed by atoms with E-state index < -0.39 is 28.6 Å². The van der Waals surface area contributed by atoms with Gasteiger partial charge in [-0.25, -0.2) is 4.79 Å². The van der Waals surface area contributed by atoms with Crippen LogP contribution in [0.15, 0.2) is 9.59 Å². The second-order valence-corrected chi connectivity index (χ2v) is 4.03. The van der Waals surface area contributed by atoms with Gasteiger partial charge in [0.1, 0.15) is 0 Å². The molecular formula is C11H17N3O4. The minimum absolute atomic E-state index is 0.238. The second kappa shape index (κ2) is 6.04. The first-order valence-corrected chi connectivity index (χ1v) is 5.85. The number of primary amides is 1. The Morgan fingerprint density at radius 3 is 2.56 bits per heavy atom. The van der Waals surface area contributed by atoms with Gasteiger partial charge >= 0.3 is 5.69 Å². The van der Waals surface area contributed by atoms with E-state index in [1.807, 2.05) is 4.98 Å². The van der Waals surface area contributed by atoms with Crippen LogP contribution >= 0.6 is 0 Å². The quantitative estimate of drug-likeness (QED) is 0.616. The van der Waals surface area contributed by atoms with Gasteiger partial charge in [-0.05, 0) is 6.42 Å². The molecule has 4 N–H and O–H groups in total. The Morgan fingerprint density at radius 1 is 1.33 bits per heavy atom. The van der Waals surface area contributed by atoms with Gasteiger partial charge in [-0.15, -0.1) is 0 Å². The van der Waals surface area contributed by atoms with E-state index in [1.165, 1.54) is 0 Å². The van der Waals surface area contributed by atoms with Gasteiger partial charge in [0.15, 0.2) is 5.56 Å². The van der Waals surface area contributed by atoms with Crippen molar-refractivity contribution < 1.29 is 9.90 Å². The molecule has 0 fully saturated rings. The third-order valence-corrected chi connectivity index (χ3v) is 2.65. The fourth-order valence-corrected chi connectivity index (χ4v) is 1.69. The maximum Gasteiger partial charge on any atom is 0.331 e. The smallest absolute Gasteiger partial charge is 0.331 e. The van der Waals surface area contributed by atoms with Crippen molar-refractivity contribution in [2.24, 2.45) is 5.73 Å². The summed E-state index contributed by atoms with van der Waals surface area (Å²) in [6.07, 6.45) is 3.62. The molecule has 0 spiro atoms. The normalized spacial score (nSPS) is 10.5. The van der Waals surface area contributed by atoms with E-state index in [1.54, 1.807) is 0 Å². The zero-order chi connectivity index (χ0) is 13.7. The largest absolute Gasteiger partial charge is 0.494 e. The molecule has 100 valence electrons. The zero-order valence-corrected chi connectivity index (χ0v) is 10.2. The average molecular weight is 255 g/mol. The summed E-state index contributed by atoms with van der Waals surface area (Å²) in [7, 11) is 0. The summed E-state index contributed by atoms with van der Waals surface area (Å²) >= 11 is 0. The van der Waals surface area contributed by atoms with Crippen molar-refractivity contribution in [3.63, 3.8) is 0 Å². The van der Waals surface area contributed by atoms with Crippen LogP contribution in [-0.4, -0.2) is 20.6 Å². The van der Waals surface area contributed by atoms with E-state index in [0.717, 1.165) is 23.8 Å². The van der Waals surface area contributed by atoms with Gasteiger partial charge in [-0.1, -0.05) is 26.2 Å². The van der Waals surface area contributed by atoms with E-state index in [4.69, 9.17) is 5.73 Å². The number of hydrogen-bond acceptors (Lipinski definition) is 4. The predicted octanol–water partition coefficient (Wildman–Crippen LogP) is -0.0786. The molecule has 0 aliphatic rings. The fourth-order valence-electron chi connectivity index (χ4n) is 1.69. The number of H-pyrrole nitrogens is 1. The van der Waals surface area contributed by atoms with Crippen LogP contribution in [0.4, 0.5) is 0 Å². The van der Waals surface area contributed by atoms with Crippen molar-refractivity contribution in [3.05, 3.63) is 26.4 Å². The molecule has 1 heterocycles. The number of rotatable bonds is 6. The molecule has 0 saturated carbocycles. The molecule has 0 aromatic carbocycles. The topological polar surface area (TPSA) is 118 Å². The summed E-state index contributed by atoms with van der Waals surface area (Å²) in [6.45, 7) is 2.29. The van der Waals surface area contributed by atoms with Crippen LogP contribution in [0.5, 0.6) is 5.88 Å². The first-order valence-electron chi connectivity index (χ1n) is 5.85. The highest BCUT2D eigenvalue weighted by molar-refractivity contribution is 5.94. The van der Waals surface area contributed by atoms with Crippen molar-refractivity contribution >= 4 is 5.91 Å². The molecular weight excluding hydrogens is 238 g/mol. The molecule has 1 aromatic rings. The Balaban J connectivity index is 3.05. The second-order valence-electron chi connectivity index (χ2n) is 4.03. The summed E-state index contributed by atoms with van der Waals surface area (Å²) in [5.74, 6) is -1.72. The Bertz CT molecular complexity index is 544. The van der Waals surface area contributed by atoms with Crippen molar-refractivity contribution in [2.45, 2.75) is 39.2 Å². The van der Waals surface area contributed by atoms with E-state index in [2.05, 4.69) is 6.92 Å². The average Bonchev–Trinajstić information content (AvgIpc) is 2.26. The minimum Gasteiger partial charge on any atom is -0.494 e. The van der Waals surface area contributed by atoms with Gasteiger partial charge in [0, 0.05) is 6.54 Å². The number of carbonyl (C=O) groups excluding carboxylic acids is 1. The maximum atomic E-state index is 11.5. The summed E-state index contributed by atoms with van der Waals surface area (Å²) in [5.41, 5.74) is 2.70. The minimum atomic E-state index is -1.06. The predicted molar refractivity (Wildman–Crippen MR) is 65.6 cm³/mol. The molecule has 0 saturated heterocycles. The van der Waals surface area contributed by atoms with Gasteiger partial charge in [-0.2, -0.15) is 0 Å². The summed E-state index contributed by atoms with van der Waals surface area (Å²) in [4.78, 5) is 35.8. The molecule has 0 atom stereocenters. The number of nitrogens with one attached hydrogen (secondary N) is 1. The van der Waals surface area contributed by atoms with E-state index in [-0.39, 0.29) is 6.54 Å². The van der Waals surface area contributed by atoms with Gasteiger partial charge in [-0.3, -0.25) is 19.1 Å². The van der Waals surface area contributed by atoms with E-state index in [9.17, 15) is 19.5 Å². The fraction of sp³-hybridized carbons (Fsp3) is 0.545. The van der Waals surface area contributed by atoms with Crippen LogP contribution in [-0.2, 0) is 6.54 Å². The van der Waals surface area contributed by atoms with Gasteiger partial charge < -0.3 is 10.8 Å². The van der Waals surface area contributed by atoms with Crippen LogP contribution in [0.2, 0.25) is 0 Å². The molecule has 0 aliphatic carbocycles. The number of nitrogens with zero attached hydrogens (tertiary/aromatic N) is 1. The third-order valence-electron chi connectivity index (χ3n) is 2.65. The molecule has 1 aromatic heterocycles. The number of aromatic hydroxyl groups is 1. The number of hydrogen-bond donors (Lipinski definition) is 3. The van der Waals surface area contributed by atoms with Crippen LogP contribution < -0.4 is 17.0 Å². The van der Waals surface area contributed by atoms with Crippen LogP contribution in [0.1, 0.15) is 43.0 Å². The van der Waals surface area contributed by atoms with Crippen molar-refractivity contribution in [2.75, 3.05) is 0 Å². The summed E-state index contributed by atoms with van der Waals surface area (Å²) < 4.78 is 0.956. The maximum absolute atomic E-state index is 11.5. The Kier molecular flexibility index (Phi) is 4.70. The van der Waals surface area contributed by atoms with Crippen molar-refractivity contribution in [1.82, 2.24) is 9.55 Å². The Labute approximate surface area is 103 Å². The highest BCUT2D eigenvalue weighted by Gasteiger charge is 2.18. The zero-order valence-electron chi connectivity index (χ0n) is 10.2. The number of aromatic amines is 1. The first kappa shape index (κ1) is 14.0. The molecule has 7 nitrogen and oxygen atoms in total.